The van der Waals surface area contributed by atoms with Crippen LogP contribution in [0, 0.1) is 11.6 Å². The Balaban J connectivity index is 2.76. The summed E-state index contributed by atoms with van der Waals surface area (Å²) in [6, 6.07) is 1.93. The molecule has 3 N–H and O–H groups in total. The summed E-state index contributed by atoms with van der Waals surface area (Å²) >= 11 is 0. The number of halogens is 2. The second kappa shape index (κ2) is 5.31. The van der Waals surface area contributed by atoms with Crippen LogP contribution in [0.5, 0.6) is 0 Å². The monoisotopic (exact) mass is 244 g/mol. The third-order valence-electron chi connectivity index (χ3n) is 2.33. The molecular weight excluding hydrogens is 226 g/mol. The van der Waals surface area contributed by atoms with E-state index in [0.717, 1.165) is 6.07 Å². The van der Waals surface area contributed by atoms with Crippen LogP contribution >= 0.6 is 0 Å². The van der Waals surface area contributed by atoms with Gasteiger partial charge in [0.15, 0.2) is 5.82 Å². The van der Waals surface area contributed by atoms with Crippen LogP contribution in [0.15, 0.2) is 12.1 Å². The number of anilines is 2. The number of nitrogens with one attached hydrogen (secondary N) is 1. The first-order valence-electron chi connectivity index (χ1n) is 5.48. The fraction of sp³-hybridized carbons (Fsp3) is 0.500. The summed E-state index contributed by atoms with van der Waals surface area (Å²) in [5.41, 5.74) is 5.24. The van der Waals surface area contributed by atoms with Gasteiger partial charge in [0.25, 0.3) is 0 Å². The zero-order valence-corrected chi connectivity index (χ0v) is 10.3. The fourth-order valence-corrected chi connectivity index (χ4v) is 1.48. The molecule has 0 aliphatic carbocycles. The zero-order chi connectivity index (χ0) is 13.1. The first kappa shape index (κ1) is 13.7. The molecule has 0 aromatic heterocycles. The molecule has 0 unspecified atom stereocenters. The molecule has 5 heteroatoms. The van der Waals surface area contributed by atoms with Crippen LogP contribution < -0.4 is 11.1 Å². The molecule has 0 radical (unpaired) electrons. The summed E-state index contributed by atoms with van der Waals surface area (Å²) in [6.07, 6.45) is 0. The van der Waals surface area contributed by atoms with E-state index in [4.69, 9.17) is 10.5 Å². The first-order valence-corrected chi connectivity index (χ1v) is 5.48. The van der Waals surface area contributed by atoms with Crippen molar-refractivity contribution in [1.29, 1.82) is 0 Å². The van der Waals surface area contributed by atoms with Crippen molar-refractivity contribution in [3.63, 3.8) is 0 Å². The van der Waals surface area contributed by atoms with Crippen LogP contribution in [-0.4, -0.2) is 18.8 Å². The minimum atomic E-state index is -0.762. The minimum Gasteiger partial charge on any atom is -0.395 e. The summed E-state index contributed by atoms with van der Waals surface area (Å²) in [5.74, 6) is -1.42. The van der Waals surface area contributed by atoms with Gasteiger partial charge in [0.05, 0.1) is 17.0 Å². The smallest absolute Gasteiger partial charge is 0.151 e. The van der Waals surface area contributed by atoms with E-state index in [1.54, 1.807) is 0 Å². The van der Waals surface area contributed by atoms with Crippen LogP contribution in [0.1, 0.15) is 20.8 Å². The summed E-state index contributed by atoms with van der Waals surface area (Å²) in [6.45, 7) is 6.64. The Morgan fingerprint density at radius 1 is 1.35 bits per heavy atom. The van der Waals surface area contributed by atoms with Gasteiger partial charge in [-0.1, -0.05) is 0 Å². The molecule has 1 aromatic carbocycles. The van der Waals surface area contributed by atoms with Crippen LogP contribution in [0.25, 0.3) is 0 Å². The molecular formula is C12H18F2N2O. The van der Waals surface area contributed by atoms with Gasteiger partial charge >= 0.3 is 0 Å². The van der Waals surface area contributed by atoms with E-state index in [0.29, 0.717) is 13.2 Å². The number of rotatable bonds is 5. The Kier molecular flexibility index (Phi) is 4.28. The third kappa shape index (κ3) is 3.85. The molecule has 17 heavy (non-hydrogen) atoms. The number of hydrogen-bond acceptors (Lipinski definition) is 3. The highest BCUT2D eigenvalue weighted by molar-refractivity contribution is 5.66. The lowest BCUT2D eigenvalue weighted by Crippen LogP contribution is -2.33. The molecule has 1 rings (SSSR count). The van der Waals surface area contributed by atoms with E-state index >= 15 is 0 Å². The number of ether oxygens (including phenoxy) is 1. The van der Waals surface area contributed by atoms with E-state index < -0.39 is 17.2 Å². The minimum absolute atomic E-state index is 0.0845. The predicted molar refractivity (Wildman–Crippen MR) is 65.0 cm³/mol. The van der Waals surface area contributed by atoms with Gasteiger partial charge < -0.3 is 15.8 Å². The van der Waals surface area contributed by atoms with Gasteiger partial charge in [-0.05, 0) is 26.8 Å². The Hall–Kier alpha value is -1.36. The maximum Gasteiger partial charge on any atom is 0.151 e. The maximum atomic E-state index is 13.2. The largest absolute Gasteiger partial charge is 0.395 e. The van der Waals surface area contributed by atoms with Crippen molar-refractivity contribution in [2.45, 2.75) is 26.4 Å². The SMILES string of the molecule is CCOC(C)(C)CNc1cc(F)cc(F)c1N. The van der Waals surface area contributed by atoms with Crippen LogP contribution in [0.4, 0.5) is 20.2 Å². The molecule has 0 aliphatic rings. The Bertz CT molecular complexity index is 394. The molecule has 0 saturated carbocycles. The molecule has 0 fully saturated rings. The van der Waals surface area contributed by atoms with Gasteiger partial charge in [0, 0.05) is 19.2 Å². The normalized spacial score (nSPS) is 11.6. The quantitative estimate of drug-likeness (QED) is 0.783. The lowest BCUT2D eigenvalue weighted by Gasteiger charge is -2.25. The highest BCUT2D eigenvalue weighted by Gasteiger charge is 2.18. The van der Waals surface area contributed by atoms with Gasteiger partial charge in [-0.15, -0.1) is 0 Å². The molecule has 0 amide bonds. The molecule has 0 bridgehead atoms. The van der Waals surface area contributed by atoms with Gasteiger partial charge in [0.2, 0.25) is 0 Å². The second-order valence-corrected chi connectivity index (χ2v) is 4.40. The summed E-state index contributed by atoms with van der Waals surface area (Å²) in [5, 5.41) is 2.89. The molecule has 0 heterocycles. The van der Waals surface area contributed by atoms with E-state index in [1.807, 2.05) is 20.8 Å². The molecule has 0 atom stereocenters. The van der Waals surface area contributed by atoms with Crippen LogP contribution in [0.2, 0.25) is 0 Å². The molecule has 3 nitrogen and oxygen atoms in total. The third-order valence-corrected chi connectivity index (χ3v) is 2.33. The summed E-state index contributed by atoms with van der Waals surface area (Å²) < 4.78 is 31.6. The van der Waals surface area contributed by atoms with E-state index in [1.165, 1.54) is 6.07 Å². The first-order chi connectivity index (χ1) is 7.85. The summed E-state index contributed by atoms with van der Waals surface area (Å²) in [4.78, 5) is 0. The lowest BCUT2D eigenvalue weighted by atomic mass is 10.1. The highest BCUT2D eigenvalue weighted by atomic mass is 19.1. The lowest BCUT2D eigenvalue weighted by molar-refractivity contribution is 0.000700. The highest BCUT2D eigenvalue weighted by Crippen LogP contribution is 2.24. The van der Waals surface area contributed by atoms with E-state index in [-0.39, 0.29) is 11.4 Å². The van der Waals surface area contributed by atoms with Crippen LogP contribution in [-0.2, 0) is 4.74 Å². The number of hydrogen-bond donors (Lipinski definition) is 2. The van der Waals surface area contributed by atoms with Crippen molar-refractivity contribution in [3.8, 4) is 0 Å². The van der Waals surface area contributed by atoms with Crippen molar-refractivity contribution in [1.82, 2.24) is 0 Å². The molecule has 96 valence electrons. The second-order valence-electron chi connectivity index (χ2n) is 4.40. The van der Waals surface area contributed by atoms with Crippen molar-refractivity contribution < 1.29 is 13.5 Å². The molecule has 1 aromatic rings. The Labute approximate surface area is 100.0 Å². The molecule has 0 aliphatic heterocycles. The van der Waals surface area contributed by atoms with Crippen LogP contribution in [0.3, 0.4) is 0 Å². The molecule has 0 saturated heterocycles. The average molecular weight is 244 g/mol. The summed E-state index contributed by atoms with van der Waals surface area (Å²) in [7, 11) is 0. The number of benzene rings is 1. The van der Waals surface area contributed by atoms with E-state index in [9.17, 15) is 8.78 Å². The topological polar surface area (TPSA) is 47.3 Å². The van der Waals surface area contributed by atoms with Crippen molar-refractivity contribution in [2.75, 3.05) is 24.2 Å². The van der Waals surface area contributed by atoms with Gasteiger partial charge in [0.1, 0.15) is 5.82 Å². The number of nitrogen functional groups attached to an aromatic ring is 1. The van der Waals surface area contributed by atoms with Gasteiger partial charge in [-0.25, -0.2) is 8.78 Å². The average Bonchev–Trinajstić information content (AvgIpc) is 2.21. The zero-order valence-electron chi connectivity index (χ0n) is 10.3. The van der Waals surface area contributed by atoms with E-state index in [2.05, 4.69) is 5.32 Å². The van der Waals surface area contributed by atoms with Gasteiger partial charge in [-0.3, -0.25) is 0 Å². The molecule has 0 spiro atoms. The Morgan fingerprint density at radius 3 is 2.59 bits per heavy atom. The maximum absolute atomic E-state index is 13.2. The number of nitrogens with two attached hydrogens (primary N) is 1. The van der Waals surface area contributed by atoms with Crippen molar-refractivity contribution >= 4 is 11.4 Å². The fourth-order valence-electron chi connectivity index (χ4n) is 1.48. The van der Waals surface area contributed by atoms with Crippen molar-refractivity contribution in [2.24, 2.45) is 0 Å². The Morgan fingerprint density at radius 2 is 2.00 bits per heavy atom. The van der Waals surface area contributed by atoms with Crippen molar-refractivity contribution in [3.05, 3.63) is 23.8 Å². The van der Waals surface area contributed by atoms with Gasteiger partial charge in [-0.2, -0.15) is 0 Å². The standard InChI is InChI=1S/C12H18F2N2O/c1-4-17-12(2,3)7-16-10-6-8(13)5-9(14)11(10)15/h5-6,16H,4,7,15H2,1-3H3. The predicted octanol–water partition coefficient (Wildman–Crippen LogP) is 2.77.